The van der Waals surface area contributed by atoms with Crippen molar-refractivity contribution >= 4 is 16.8 Å². The van der Waals surface area contributed by atoms with Crippen LogP contribution in [0.4, 0.5) is 0 Å². The number of hydrogen-bond acceptors (Lipinski definition) is 5. The fourth-order valence-electron chi connectivity index (χ4n) is 3.97. The fourth-order valence-corrected chi connectivity index (χ4v) is 3.97. The number of fused-ring (bicyclic) bond motifs is 1. The quantitative estimate of drug-likeness (QED) is 0.687. The van der Waals surface area contributed by atoms with Gasteiger partial charge in [-0.2, -0.15) is 0 Å². The second kappa shape index (κ2) is 9.89. The Morgan fingerprint density at radius 1 is 1.14 bits per heavy atom. The highest BCUT2D eigenvalue weighted by Gasteiger charge is 2.33. The molecule has 1 heterocycles. The first-order valence-electron chi connectivity index (χ1n) is 10.1. The van der Waals surface area contributed by atoms with Crippen LogP contribution in [0.3, 0.4) is 0 Å². The molecular formula is C22H30N2O5. The number of aromatic nitrogens is 1. The van der Waals surface area contributed by atoms with E-state index in [0.717, 1.165) is 35.9 Å². The van der Waals surface area contributed by atoms with Crippen LogP contribution in [0.1, 0.15) is 32.1 Å². The Bertz CT molecular complexity index is 881. The maximum absolute atomic E-state index is 12.6. The van der Waals surface area contributed by atoms with Gasteiger partial charge in [-0.1, -0.05) is 0 Å². The molecule has 1 saturated carbocycles. The van der Waals surface area contributed by atoms with E-state index >= 15 is 0 Å². The number of amides is 1. The number of carbonyl (C=O) groups excluding carboxylic acids is 1. The number of ether oxygens (including phenoxy) is 3. The molecule has 1 aromatic carbocycles. The van der Waals surface area contributed by atoms with E-state index in [-0.39, 0.29) is 29.7 Å². The number of carbonyl (C=O) groups is 1. The molecule has 1 aromatic heterocycles. The van der Waals surface area contributed by atoms with Crippen LogP contribution in [0.15, 0.2) is 35.1 Å². The van der Waals surface area contributed by atoms with Crippen molar-refractivity contribution in [1.29, 1.82) is 0 Å². The van der Waals surface area contributed by atoms with E-state index in [1.54, 1.807) is 20.3 Å². The van der Waals surface area contributed by atoms with Crippen LogP contribution in [0.5, 0.6) is 5.75 Å². The van der Waals surface area contributed by atoms with Gasteiger partial charge in [0.15, 0.2) is 0 Å². The van der Waals surface area contributed by atoms with Crippen molar-refractivity contribution in [3.8, 4) is 5.75 Å². The van der Waals surface area contributed by atoms with Crippen LogP contribution in [0.2, 0.25) is 0 Å². The van der Waals surface area contributed by atoms with Crippen molar-refractivity contribution in [3.63, 3.8) is 0 Å². The van der Waals surface area contributed by atoms with Crippen LogP contribution in [-0.2, 0) is 14.3 Å². The van der Waals surface area contributed by atoms with Gasteiger partial charge >= 0.3 is 0 Å². The molecule has 2 aromatic rings. The monoisotopic (exact) mass is 402 g/mol. The van der Waals surface area contributed by atoms with Crippen molar-refractivity contribution in [3.05, 3.63) is 40.7 Å². The molecule has 158 valence electrons. The van der Waals surface area contributed by atoms with Gasteiger partial charge in [0, 0.05) is 50.7 Å². The molecule has 7 nitrogen and oxygen atoms in total. The molecule has 0 radical (unpaired) electrons. The standard InChI is InChI=1S/C22H30N2O5/c1-24(16-7-10-19(27-2)20(14-16)28-3)22(26)5-4-12-29-17-8-9-18-15(13-17)6-11-21(25)23-18/h6,8-9,11,13,16,19-20H,4-5,7,10,12,14H2,1-3H3,(H,23,25). The van der Waals surface area contributed by atoms with E-state index in [0.29, 0.717) is 19.4 Å². The Balaban J connectivity index is 1.45. The number of nitrogens with zero attached hydrogens (tertiary/aromatic N) is 1. The maximum Gasteiger partial charge on any atom is 0.248 e. The normalized spacial score (nSPS) is 21.8. The molecule has 3 atom stereocenters. The second-order valence-corrected chi connectivity index (χ2v) is 7.54. The summed E-state index contributed by atoms with van der Waals surface area (Å²) in [6, 6.07) is 8.99. The third kappa shape index (κ3) is 5.36. The predicted octanol–water partition coefficient (Wildman–Crippen LogP) is 2.73. The highest BCUT2D eigenvalue weighted by atomic mass is 16.5. The average Bonchev–Trinajstić information content (AvgIpc) is 2.75. The number of hydrogen-bond donors (Lipinski definition) is 1. The van der Waals surface area contributed by atoms with Gasteiger partial charge in [0.25, 0.3) is 0 Å². The van der Waals surface area contributed by atoms with Gasteiger partial charge in [-0.05, 0) is 49.9 Å². The molecule has 0 aliphatic heterocycles. The van der Waals surface area contributed by atoms with E-state index in [1.807, 2.05) is 30.1 Å². The van der Waals surface area contributed by atoms with Gasteiger partial charge < -0.3 is 24.1 Å². The summed E-state index contributed by atoms with van der Waals surface area (Å²) in [4.78, 5) is 28.5. The van der Waals surface area contributed by atoms with Crippen LogP contribution >= 0.6 is 0 Å². The molecule has 7 heteroatoms. The minimum Gasteiger partial charge on any atom is -0.494 e. The van der Waals surface area contributed by atoms with Crippen molar-refractivity contribution < 1.29 is 19.0 Å². The minimum atomic E-state index is -0.124. The topological polar surface area (TPSA) is 80.9 Å². The zero-order valence-electron chi connectivity index (χ0n) is 17.3. The molecule has 1 aliphatic carbocycles. The summed E-state index contributed by atoms with van der Waals surface area (Å²) in [5.74, 6) is 0.853. The molecule has 1 N–H and O–H groups in total. The smallest absolute Gasteiger partial charge is 0.248 e. The fraction of sp³-hybridized carbons (Fsp3) is 0.545. The average molecular weight is 402 g/mol. The largest absolute Gasteiger partial charge is 0.494 e. The molecule has 0 saturated heterocycles. The Labute approximate surface area is 170 Å². The number of benzene rings is 1. The Morgan fingerprint density at radius 2 is 1.93 bits per heavy atom. The summed E-state index contributed by atoms with van der Waals surface area (Å²) in [5.41, 5.74) is 0.653. The van der Waals surface area contributed by atoms with E-state index in [1.165, 1.54) is 6.07 Å². The predicted molar refractivity (Wildman–Crippen MR) is 111 cm³/mol. The summed E-state index contributed by atoms with van der Waals surface area (Å²) in [7, 11) is 5.28. The summed E-state index contributed by atoms with van der Waals surface area (Å²) >= 11 is 0. The van der Waals surface area contributed by atoms with Crippen LogP contribution in [0, 0.1) is 0 Å². The lowest BCUT2D eigenvalue weighted by Gasteiger charge is -2.38. The van der Waals surface area contributed by atoms with Crippen molar-refractivity contribution in [2.24, 2.45) is 0 Å². The first-order valence-corrected chi connectivity index (χ1v) is 10.1. The maximum atomic E-state index is 12.6. The van der Waals surface area contributed by atoms with Gasteiger partial charge in [-0.15, -0.1) is 0 Å². The van der Waals surface area contributed by atoms with Gasteiger partial charge in [-0.25, -0.2) is 0 Å². The lowest BCUT2D eigenvalue weighted by atomic mass is 9.89. The van der Waals surface area contributed by atoms with E-state index in [4.69, 9.17) is 14.2 Å². The van der Waals surface area contributed by atoms with Gasteiger partial charge in [0.2, 0.25) is 11.5 Å². The van der Waals surface area contributed by atoms with Gasteiger partial charge in [0.1, 0.15) is 5.75 Å². The second-order valence-electron chi connectivity index (χ2n) is 7.54. The summed E-state index contributed by atoms with van der Waals surface area (Å²) < 4.78 is 16.8. The number of rotatable bonds is 8. The first kappa shape index (κ1) is 21.3. The minimum absolute atomic E-state index is 0.0279. The molecular weight excluding hydrogens is 372 g/mol. The third-order valence-corrected chi connectivity index (χ3v) is 5.75. The van der Waals surface area contributed by atoms with E-state index < -0.39 is 0 Å². The zero-order valence-corrected chi connectivity index (χ0v) is 17.3. The molecule has 3 unspecified atom stereocenters. The molecule has 0 spiro atoms. The molecule has 1 aliphatic rings. The Kier molecular flexibility index (Phi) is 7.28. The van der Waals surface area contributed by atoms with Crippen LogP contribution in [0.25, 0.3) is 10.9 Å². The van der Waals surface area contributed by atoms with Crippen molar-refractivity contribution in [2.75, 3.05) is 27.9 Å². The molecule has 3 rings (SSSR count). The summed E-state index contributed by atoms with van der Waals surface area (Å²) in [6.45, 7) is 0.464. The zero-order chi connectivity index (χ0) is 20.8. The summed E-state index contributed by atoms with van der Waals surface area (Å²) in [6.07, 6.45) is 3.84. The van der Waals surface area contributed by atoms with Gasteiger partial charge in [-0.3, -0.25) is 9.59 Å². The summed E-state index contributed by atoms with van der Waals surface area (Å²) in [5, 5.41) is 0.914. The molecule has 0 bridgehead atoms. The van der Waals surface area contributed by atoms with Crippen LogP contribution in [-0.4, -0.2) is 61.9 Å². The molecule has 29 heavy (non-hydrogen) atoms. The molecule has 1 amide bonds. The number of pyridine rings is 1. The highest BCUT2D eigenvalue weighted by molar-refractivity contribution is 5.79. The lowest BCUT2D eigenvalue weighted by molar-refractivity contribution is -0.136. The van der Waals surface area contributed by atoms with E-state index in [9.17, 15) is 9.59 Å². The SMILES string of the molecule is COC1CCC(N(C)C(=O)CCCOc2ccc3[nH]c(=O)ccc3c2)CC1OC. The van der Waals surface area contributed by atoms with E-state index in [2.05, 4.69) is 4.98 Å². The number of nitrogens with one attached hydrogen (secondary N) is 1. The van der Waals surface area contributed by atoms with Crippen molar-refractivity contribution in [2.45, 2.75) is 50.4 Å². The number of methoxy groups -OCH3 is 2. The lowest BCUT2D eigenvalue weighted by Crippen LogP contribution is -2.47. The molecule has 1 fully saturated rings. The van der Waals surface area contributed by atoms with Crippen LogP contribution < -0.4 is 10.3 Å². The third-order valence-electron chi connectivity index (χ3n) is 5.75. The highest BCUT2D eigenvalue weighted by Crippen LogP contribution is 2.27. The Hall–Kier alpha value is -2.38. The Morgan fingerprint density at radius 3 is 2.69 bits per heavy atom. The van der Waals surface area contributed by atoms with Gasteiger partial charge in [0.05, 0.1) is 18.8 Å². The number of H-pyrrole nitrogens is 1. The van der Waals surface area contributed by atoms with Crippen molar-refractivity contribution in [1.82, 2.24) is 9.88 Å². The number of aromatic amines is 1. The first-order chi connectivity index (χ1) is 14.0.